The van der Waals surface area contributed by atoms with Gasteiger partial charge >= 0.3 is 0 Å². The molecule has 11 rings (SSSR count). The van der Waals surface area contributed by atoms with Crippen molar-refractivity contribution in [3.63, 3.8) is 0 Å². The Balaban J connectivity index is 1.14. The van der Waals surface area contributed by atoms with Crippen molar-refractivity contribution >= 4 is 17.1 Å². The fourth-order valence-electron chi connectivity index (χ4n) is 12.3. The number of hydrogen-bond donors (Lipinski definition) is 0. The smallest absolute Gasteiger partial charge is 0.0540 e. The van der Waals surface area contributed by atoms with Gasteiger partial charge in [0.1, 0.15) is 0 Å². The Kier molecular flexibility index (Phi) is 8.42. The summed E-state index contributed by atoms with van der Waals surface area (Å²) in [7, 11) is 0. The Morgan fingerprint density at radius 1 is 0.459 bits per heavy atom. The van der Waals surface area contributed by atoms with Gasteiger partial charge in [-0.1, -0.05) is 183 Å². The molecule has 2 saturated carbocycles. The molecule has 0 aromatic heterocycles. The van der Waals surface area contributed by atoms with E-state index in [1.807, 2.05) is 0 Å². The van der Waals surface area contributed by atoms with Crippen molar-refractivity contribution in [2.24, 2.45) is 11.8 Å². The van der Waals surface area contributed by atoms with Crippen molar-refractivity contribution in [2.45, 2.75) is 103 Å². The van der Waals surface area contributed by atoms with Crippen molar-refractivity contribution in [2.75, 3.05) is 4.90 Å². The van der Waals surface area contributed by atoms with Gasteiger partial charge in [0.2, 0.25) is 0 Å². The molecular weight excluding hydrogens is 735 g/mol. The Labute approximate surface area is 364 Å². The standard InChI is InChI=1S/C60H59N/c1-57(2,3)40-25-22-39(23-26-40)51-34-41(58(4,5)6)27-30-45(51)50-17-11-14-20-56(50)61(43-28-31-48-46-15-9-12-18-52(46)59(7,8)54(48)35-43)44-29-32-49-47-16-10-13-19-53(47)60(55(49)36-44)37-38-21-24-42(60)33-38/h9-20,22-23,25-32,34-36,38,42H,21,24,33,37H2,1-8H3. The topological polar surface area (TPSA) is 3.24 Å². The van der Waals surface area contributed by atoms with Gasteiger partial charge in [-0.3, -0.25) is 0 Å². The van der Waals surface area contributed by atoms with E-state index < -0.39 is 0 Å². The second kappa shape index (κ2) is 13.4. The van der Waals surface area contributed by atoms with Crippen LogP contribution in [-0.2, 0) is 21.7 Å². The molecular formula is C60H59N. The third kappa shape index (κ3) is 5.79. The second-order valence-corrected chi connectivity index (χ2v) is 21.4. The molecule has 4 aliphatic rings. The van der Waals surface area contributed by atoms with Gasteiger partial charge < -0.3 is 4.90 Å². The van der Waals surface area contributed by atoms with E-state index in [-0.39, 0.29) is 21.7 Å². The lowest BCUT2D eigenvalue weighted by Crippen LogP contribution is -2.32. The van der Waals surface area contributed by atoms with Crippen LogP contribution in [0.3, 0.4) is 0 Å². The number of anilines is 3. The van der Waals surface area contributed by atoms with E-state index in [1.54, 1.807) is 11.1 Å². The largest absolute Gasteiger partial charge is 0.310 e. The quantitative estimate of drug-likeness (QED) is 0.168. The fourth-order valence-corrected chi connectivity index (χ4v) is 12.3. The monoisotopic (exact) mass is 793 g/mol. The first-order chi connectivity index (χ1) is 29.2. The summed E-state index contributed by atoms with van der Waals surface area (Å²) in [6, 6.07) is 59.0. The number of nitrogens with zero attached hydrogens (tertiary/aromatic N) is 1. The van der Waals surface area contributed by atoms with Crippen molar-refractivity contribution in [3.8, 4) is 44.5 Å². The molecule has 0 aliphatic heterocycles. The van der Waals surface area contributed by atoms with Gasteiger partial charge in [0.05, 0.1) is 5.69 Å². The third-order valence-corrected chi connectivity index (χ3v) is 15.5. The molecule has 1 heteroatoms. The average Bonchev–Trinajstić information content (AvgIpc) is 4.00. The summed E-state index contributed by atoms with van der Waals surface area (Å²) in [6.45, 7) is 18.7. The fraction of sp³-hybridized carbons (Fsp3) is 0.300. The summed E-state index contributed by atoms with van der Waals surface area (Å²) in [4.78, 5) is 2.60. The van der Waals surface area contributed by atoms with E-state index in [0.717, 1.165) is 5.92 Å². The molecule has 4 aliphatic carbocycles. The van der Waals surface area contributed by atoms with Crippen LogP contribution < -0.4 is 4.90 Å². The van der Waals surface area contributed by atoms with Gasteiger partial charge in [-0.15, -0.1) is 0 Å². The molecule has 1 nitrogen and oxygen atoms in total. The van der Waals surface area contributed by atoms with Crippen LogP contribution in [0.25, 0.3) is 44.5 Å². The van der Waals surface area contributed by atoms with Gasteiger partial charge in [-0.05, 0) is 145 Å². The van der Waals surface area contributed by atoms with Gasteiger partial charge in [0.15, 0.2) is 0 Å². The maximum atomic E-state index is 2.62. The summed E-state index contributed by atoms with van der Waals surface area (Å²) < 4.78 is 0. The molecule has 0 N–H and O–H groups in total. The summed E-state index contributed by atoms with van der Waals surface area (Å²) in [5.41, 5.74) is 22.9. The van der Waals surface area contributed by atoms with Crippen LogP contribution in [0, 0.1) is 11.8 Å². The number of fused-ring (bicyclic) bond motifs is 11. The predicted molar refractivity (Wildman–Crippen MR) is 259 cm³/mol. The molecule has 304 valence electrons. The molecule has 7 aromatic carbocycles. The third-order valence-electron chi connectivity index (χ3n) is 15.5. The first kappa shape index (κ1) is 38.3. The summed E-state index contributed by atoms with van der Waals surface area (Å²) in [5.74, 6) is 1.51. The van der Waals surface area contributed by atoms with Gasteiger partial charge in [0, 0.05) is 27.8 Å². The molecule has 0 amide bonds. The Hall–Kier alpha value is -5.66. The lowest BCUT2D eigenvalue weighted by Gasteiger charge is -2.37. The van der Waals surface area contributed by atoms with Crippen molar-refractivity contribution < 1.29 is 0 Å². The van der Waals surface area contributed by atoms with Crippen molar-refractivity contribution in [1.29, 1.82) is 0 Å². The van der Waals surface area contributed by atoms with Crippen LogP contribution >= 0.6 is 0 Å². The molecule has 1 spiro atoms. The van der Waals surface area contributed by atoms with Crippen LogP contribution in [0.15, 0.2) is 152 Å². The minimum atomic E-state index is -0.116. The van der Waals surface area contributed by atoms with E-state index in [0.29, 0.717) is 5.92 Å². The molecule has 0 saturated heterocycles. The Bertz CT molecular complexity index is 2870. The van der Waals surface area contributed by atoms with Gasteiger partial charge in [0.25, 0.3) is 0 Å². The van der Waals surface area contributed by atoms with E-state index in [9.17, 15) is 0 Å². The maximum Gasteiger partial charge on any atom is 0.0540 e. The highest BCUT2D eigenvalue weighted by Gasteiger charge is 2.56. The minimum Gasteiger partial charge on any atom is -0.310 e. The highest BCUT2D eigenvalue weighted by atomic mass is 15.1. The van der Waals surface area contributed by atoms with Crippen LogP contribution in [0.4, 0.5) is 17.1 Å². The normalized spacial score (nSPS) is 20.4. The molecule has 0 heterocycles. The zero-order valence-electron chi connectivity index (χ0n) is 37.4. The first-order valence-electron chi connectivity index (χ1n) is 22.9. The first-order valence-corrected chi connectivity index (χ1v) is 22.9. The van der Waals surface area contributed by atoms with E-state index in [4.69, 9.17) is 0 Å². The van der Waals surface area contributed by atoms with Crippen LogP contribution in [0.1, 0.15) is 114 Å². The lowest BCUT2D eigenvalue weighted by molar-refractivity contribution is 0.327. The predicted octanol–water partition coefficient (Wildman–Crippen LogP) is 16.5. The molecule has 7 aromatic rings. The molecule has 3 unspecified atom stereocenters. The number of benzene rings is 7. The summed E-state index contributed by atoms with van der Waals surface area (Å²) >= 11 is 0. The Morgan fingerprint density at radius 2 is 1.00 bits per heavy atom. The van der Waals surface area contributed by atoms with E-state index in [2.05, 4.69) is 212 Å². The number of hydrogen-bond acceptors (Lipinski definition) is 1. The second-order valence-electron chi connectivity index (χ2n) is 21.4. The SMILES string of the molecule is CC(C)(C)c1ccc(-c2cc(C(C)(C)C)ccc2-c2ccccc2N(c2ccc3c(c2)C(C)(C)c2ccccc2-3)c2ccc3c(c2)C2(CC4CCC2C4)c2ccccc2-3)cc1. The lowest BCUT2D eigenvalue weighted by atomic mass is 9.67. The molecule has 2 bridgehead atoms. The van der Waals surface area contributed by atoms with E-state index in [1.165, 1.54) is 110 Å². The van der Waals surface area contributed by atoms with Crippen LogP contribution in [0.5, 0.6) is 0 Å². The van der Waals surface area contributed by atoms with Crippen molar-refractivity contribution in [1.82, 2.24) is 0 Å². The van der Waals surface area contributed by atoms with Gasteiger partial charge in [-0.25, -0.2) is 0 Å². The molecule has 0 radical (unpaired) electrons. The molecule has 61 heavy (non-hydrogen) atoms. The zero-order chi connectivity index (χ0) is 42.1. The number of rotatable bonds is 5. The highest BCUT2D eigenvalue weighted by Crippen LogP contribution is 2.66. The summed E-state index contributed by atoms with van der Waals surface area (Å²) in [6.07, 6.45) is 5.34. The van der Waals surface area contributed by atoms with E-state index >= 15 is 0 Å². The molecule has 2 fully saturated rings. The van der Waals surface area contributed by atoms with Crippen LogP contribution in [0.2, 0.25) is 0 Å². The Morgan fingerprint density at radius 3 is 1.64 bits per heavy atom. The maximum absolute atomic E-state index is 2.62. The molecule has 3 atom stereocenters. The average molecular weight is 794 g/mol. The minimum absolute atomic E-state index is 0.0105. The van der Waals surface area contributed by atoms with Gasteiger partial charge in [-0.2, -0.15) is 0 Å². The number of para-hydroxylation sites is 1. The highest BCUT2D eigenvalue weighted by molar-refractivity contribution is 5.96. The zero-order valence-corrected chi connectivity index (χ0v) is 37.4. The van der Waals surface area contributed by atoms with Crippen molar-refractivity contribution in [3.05, 3.63) is 185 Å². The van der Waals surface area contributed by atoms with Crippen LogP contribution in [-0.4, -0.2) is 0 Å². The summed E-state index contributed by atoms with van der Waals surface area (Å²) in [5, 5.41) is 0.